The Balaban J connectivity index is 2.03. The monoisotopic (exact) mass is 254 g/mol. The molecule has 0 fully saturated rings. The molecule has 19 heavy (non-hydrogen) atoms. The third-order valence-corrected chi connectivity index (χ3v) is 2.38. The number of amides is 2. The van der Waals surface area contributed by atoms with Gasteiger partial charge in [0, 0.05) is 11.9 Å². The molecule has 0 aliphatic heterocycles. The summed E-state index contributed by atoms with van der Waals surface area (Å²) in [7, 11) is 0. The molecule has 0 bridgehead atoms. The van der Waals surface area contributed by atoms with Crippen LogP contribution in [0.1, 0.15) is 16.1 Å². The molecule has 1 aromatic carbocycles. The number of benzene rings is 1. The topological polar surface area (TPSA) is 85.1 Å². The molecule has 1 aromatic heterocycles. The summed E-state index contributed by atoms with van der Waals surface area (Å²) in [6, 6.07) is 12.2. The Kier molecular flexibility index (Phi) is 3.87. The van der Waals surface area contributed by atoms with E-state index in [2.05, 4.69) is 10.3 Å². The smallest absolute Gasteiger partial charge is 0.267 e. The van der Waals surface area contributed by atoms with Gasteiger partial charge >= 0.3 is 0 Å². The summed E-state index contributed by atoms with van der Waals surface area (Å²) in [5.74, 6) is -0.920. The van der Waals surface area contributed by atoms with Crippen molar-refractivity contribution in [2.45, 2.75) is 0 Å². The number of hydrogen-bond donors (Lipinski definition) is 2. The fourth-order valence-corrected chi connectivity index (χ4v) is 1.52. The Bertz CT molecular complexity index is 597. The van der Waals surface area contributed by atoms with Gasteiger partial charge in [-0.3, -0.25) is 14.6 Å². The van der Waals surface area contributed by atoms with E-state index >= 15 is 0 Å². The lowest BCUT2D eigenvalue weighted by Crippen LogP contribution is -2.16. The van der Waals surface area contributed by atoms with Crippen LogP contribution in [0.3, 0.4) is 0 Å². The summed E-state index contributed by atoms with van der Waals surface area (Å²) >= 11 is 0. The fourth-order valence-electron chi connectivity index (χ4n) is 1.52. The van der Waals surface area contributed by atoms with Crippen molar-refractivity contribution in [2.75, 3.05) is 5.32 Å². The predicted octanol–water partition coefficient (Wildman–Crippen LogP) is 1.37. The van der Waals surface area contributed by atoms with Gasteiger partial charge in [-0.25, -0.2) is 0 Å². The standard InChI is InChI=1S/C14H12N3O2/c15-14(19)12-9-11(6-7-16-12)17-13(18)8-10-4-2-1-3-5-10/h1-9H,(H2,15,19)(H,16,17,18). The van der Waals surface area contributed by atoms with Crippen molar-refractivity contribution in [1.29, 1.82) is 0 Å². The highest BCUT2D eigenvalue weighted by molar-refractivity contribution is 6.00. The molecule has 0 unspecified atom stereocenters. The number of nitrogens with one attached hydrogen (secondary N) is 1. The second-order valence-corrected chi connectivity index (χ2v) is 3.84. The zero-order valence-electron chi connectivity index (χ0n) is 10.0. The number of anilines is 1. The van der Waals surface area contributed by atoms with E-state index in [1.165, 1.54) is 18.7 Å². The molecule has 0 saturated carbocycles. The van der Waals surface area contributed by atoms with Gasteiger partial charge in [-0.15, -0.1) is 0 Å². The van der Waals surface area contributed by atoms with Gasteiger partial charge in [-0.2, -0.15) is 0 Å². The maximum absolute atomic E-state index is 11.8. The molecule has 2 amide bonds. The first-order valence-corrected chi connectivity index (χ1v) is 5.62. The van der Waals surface area contributed by atoms with Crippen LogP contribution in [-0.2, 0) is 4.79 Å². The molecule has 95 valence electrons. The molecule has 0 spiro atoms. The summed E-state index contributed by atoms with van der Waals surface area (Å²) in [6.45, 7) is 0. The quantitative estimate of drug-likeness (QED) is 0.864. The van der Waals surface area contributed by atoms with Crippen molar-refractivity contribution < 1.29 is 9.59 Å². The minimum absolute atomic E-state index is 0.109. The number of hydrogen-bond acceptors (Lipinski definition) is 3. The number of aromatic nitrogens is 1. The van der Waals surface area contributed by atoms with Crippen molar-refractivity contribution in [2.24, 2.45) is 5.73 Å². The average molecular weight is 254 g/mol. The Morgan fingerprint density at radius 2 is 1.89 bits per heavy atom. The average Bonchev–Trinajstić information content (AvgIpc) is 2.40. The zero-order chi connectivity index (χ0) is 13.7. The lowest BCUT2D eigenvalue weighted by molar-refractivity contribution is -0.112. The normalized spacial score (nSPS) is 9.89. The van der Waals surface area contributed by atoms with Crippen molar-refractivity contribution in [3.8, 4) is 0 Å². The van der Waals surface area contributed by atoms with Crippen molar-refractivity contribution in [3.05, 3.63) is 66.3 Å². The third-order valence-electron chi connectivity index (χ3n) is 2.38. The predicted molar refractivity (Wildman–Crippen MR) is 71.2 cm³/mol. The van der Waals surface area contributed by atoms with Crippen molar-refractivity contribution in [1.82, 2.24) is 4.98 Å². The van der Waals surface area contributed by atoms with Gasteiger partial charge in [-0.1, -0.05) is 30.3 Å². The van der Waals surface area contributed by atoms with Crippen LogP contribution in [0.2, 0.25) is 0 Å². The lowest BCUT2D eigenvalue weighted by atomic mass is 10.1. The first-order valence-electron chi connectivity index (χ1n) is 5.62. The molecule has 1 radical (unpaired) electrons. The Morgan fingerprint density at radius 3 is 2.58 bits per heavy atom. The van der Waals surface area contributed by atoms with Crippen LogP contribution in [0.5, 0.6) is 0 Å². The zero-order valence-corrected chi connectivity index (χ0v) is 10.0. The van der Waals surface area contributed by atoms with E-state index in [-0.39, 0.29) is 11.6 Å². The van der Waals surface area contributed by atoms with Crippen molar-refractivity contribution >= 4 is 17.5 Å². The molecule has 5 nitrogen and oxygen atoms in total. The first kappa shape index (κ1) is 12.8. The van der Waals surface area contributed by atoms with E-state index in [9.17, 15) is 9.59 Å². The number of primary amides is 1. The SMILES string of the molecule is NC(=O)c1cc(NC(=O)[CH]c2ccccc2)ccn1. The molecule has 0 saturated heterocycles. The largest absolute Gasteiger partial charge is 0.364 e. The van der Waals surface area contributed by atoms with Gasteiger partial charge in [-0.05, 0) is 17.7 Å². The molecule has 2 aromatic rings. The number of pyridine rings is 1. The van der Waals surface area contributed by atoms with Crippen LogP contribution in [0.4, 0.5) is 5.69 Å². The molecule has 1 heterocycles. The minimum Gasteiger partial charge on any atom is -0.364 e. The Morgan fingerprint density at radius 1 is 1.16 bits per heavy atom. The van der Waals surface area contributed by atoms with Gasteiger partial charge in [0.2, 0.25) is 5.91 Å². The summed E-state index contributed by atoms with van der Waals surface area (Å²) < 4.78 is 0. The van der Waals surface area contributed by atoms with E-state index in [0.29, 0.717) is 5.69 Å². The molecular formula is C14H12N3O2. The molecular weight excluding hydrogens is 242 g/mol. The maximum atomic E-state index is 11.8. The van der Waals surface area contributed by atoms with Crippen LogP contribution in [0.15, 0.2) is 48.7 Å². The Labute approximate surface area is 110 Å². The molecule has 0 aliphatic rings. The second kappa shape index (κ2) is 5.77. The van der Waals surface area contributed by atoms with E-state index in [1.54, 1.807) is 6.07 Å². The van der Waals surface area contributed by atoms with E-state index in [1.807, 2.05) is 30.3 Å². The molecule has 2 rings (SSSR count). The first-order chi connectivity index (χ1) is 9.15. The molecule has 0 atom stereocenters. The number of nitrogens with two attached hydrogens (primary N) is 1. The highest BCUT2D eigenvalue weighted by atomic mass is 16.2. The van der Waals surface area contributed by atoms with Crippen LogP contribution < -0.4 is 11.1 Å². The number of nitrogens with zero attached hydrogens (tertiary/aromatic N) is 1. The lowest BCUT2D eigenvalue weighted by Gasteiger charge is -2.05. The van der Waals surface area contributed by atoms with Crippen LogP contribution in [0, 0.1) is 6.42 Å². The van der Waals surface area contributed by atoms with Crippen molar-refractivity contribution in [3.63, 3.8) is 0 Å². The number of rotatable bonds is 4. The number of carbonyl (C=O) groups is 2. The van der Waals surface area contributed by atoms with Gasteiger partial charge in [0.25, 0.3) is 5.91 Å². The Hall–Kier alpha value is -2.69. The van der Waals surface area contributed by atoms with Crippen LogP contribution in [-0.4, -0.2) is 16.8 Å². The van der Waals surface area contributed by atoms with Gasteiger partial charge in [0.1, 0.15) is 5.69 Å². The molecule has 3 N–H and O–H groups in total. The summed E-state index contributed by atoms with van der Waals surface area (Å²) in [5, 5.41) is 2.64. The second-order valence-electron chi connectivity index (χ2n) is 3.84. The minimum atomic E-state index is -0.636. The fraction of sp³-hybridized carbons (Fsp3) is 0. The van der Waals surface area contributed by atoms with Crippen LogP contribution >= 0.6 is 0 Å². The van der Waals surface area contributed by atoms with E-state index < -0.39 is 5.91 Å². The van der Waals surface area contributed by atoms with Gasteiger partial charge in [0.05, 0.1) is 6.42 Å². The van der Waals surface area contributed by atoms with E-state index in [0.717, 1.165) is 5.56 Å². The summed E-state index contributed by atoms with van der Waals surface area (Å²) in [4.78, 5) is 26.5. The number of carbonyl (C=O) groups excluding carboxylic acids is 2. The molecule has 0 aliphatic carbocycles. The van der Waals surface area contributed by atoms with E-state index in [4.69, 9.17) is 5.73 Å². The van der Waals surface area contributed by atoms with Gasteiger partial charge in [0.15, 0.2) is 0 Å². The third kappa shape index (κ3) is 3.64. The van der Waals surface area contributed by atoms with Crippen LogP contribution in [0.25, 0.3) is 0 Å². The highest BCUT2D eigenvalue weighted by Crippen LogP contribution is 2.09. The highest BCUT2D eigenvalue weighted by Gasteiger charge is 2.07. The summed E-state index contributed by atoms with van der Waals surface area (Å²) in [5.41, 5.74) is 6.49. The molecule has 5 heteroatoms. The summed E-state index contributed by atoms with van der Waals surface area (Å²) in [6.07, 6.45) is 2.88. The van der Waals surface area contributed by atoms with Gasteiger partial charge < -0.3 is 11.1 Å². The maximum Gasteiger partial charge on any atom is 0.267 e.